The Hall–Kier alpha value is -2.23. The molecule has 0 aliphatic heterocycles. The SMILES string of the molecule is O=C(CCc1nc(CS(=O)(=O)c2ccc(Cl)cc2)no1)Nc1cccc(Br)c1. The third-order valence-electron chi connectivity index (χ3n) is 3.68. The van der Waals surface area contributed by atoms with Gasteiger partial charge in [0.1, 0.15) is 5.75 Å². The number of carbonyl (C=O) groups excluding carboxylic acids is 1. The Kier molecular flexibility index (Phi) is 6.48. The number of anilines is 1. The molecule has 2 aromatic carbocycles. The van der Waals surface area contributed by atoms with Crippen LogP contribution in [0.2, 0.25) is 5.02 Å². The average molecular weight is 485 g/mol. The molecular formula is C18H15BrClN3O4S. The molecule has 0 spiro atoms. The van der Waals surface area contributed by atoms with Crippen molar-refractivity contribution in [3.8, 4) is 0 Å². The highest BCUT2D eigenvalue weighted by Gasteiger charge is 2.19. The monoisotopic (exact) mass is 483 g/mol. The number of hydrogen-bond acceptors (Lipinski definition) is 6. The van der Waals surface area contributed by atoms with E-state index in [1.165, 1.54) is 24.3 Å². The minimum absolute atomic E-state index is 0.0392. The molecule has 0 aliphatic carbocycles. The number of hydrogen-bond donors (Lipinski definition) is 1. The molecule has 0 aliphatic rings. The molecule has 1 N–H and O–H groups in total. The Morgan fingerprint density at radius 3 is 2.64 bits per heavy atom. The quantitative estimate of drug-likeness (QED) is 0.543. The molecule has 0 fully saturated rings. The van der Waals surface area contributed by atoms with E-state index in [1.807, 2.05) is 12.1 Å². The number of rotatable bonds is 7. The van der Waals surface area contributed by atoms with Gasteiger partial charge < -0.3 is 9.84 Å². The van der Waals surface area contributed by atoms with Crippen LogP contribution in [0.4, 0.5) is 5.69 Å². The minimum atomic E-state index is -3.62. The predicted molar refractivity (Wildman–Crippen MR) is 108 cm³/mol. The summed E-state index contributed by atoms with van der Waals surface area (Å²) in [4.78, 5) is 16.2. The van der Waals surface area contributed by atoms with E-state index in [9.17, 15) is 13.2 Å². The molecule has 10 heteroatoms. The van der Waals surface area contributed by atoms with Crippen LogP contribution in [0.25, 0.3) is 0 Å². The van der Waals surface area contributed by atoms with Gasteiger partial charge in [-0.05, 0) is 42.5 Å². The first-order valence-corrected chi connectivity index (χ1v) is 11.0. The number of carbonyl (C=O) groups is 1. The van der Waals surface area contributed by atoms with Crippen LogP contribution in [-0.2, 0) is 26.8 Å². The molecule has 0 saturated carbocycles. The Morgan fingerprint density at radius 2 is 1.93 bits per heavy atom. The summed E-state index contributed by atoms with van der Waals surface area (Å²) in [6.07, 6.45) is 0.325. The lowest BCUT2D eigenvalue weighted by Crippen LogP contribution is -2.12. The first-order chi connectivity index (χ1) is 13.3. The van der Waals surface area contributed by atoms with E-state index in [4.69, 9.17) is 16.1 Å². The summed E-state index contributed by atoms with van der Waals surface area (Å²) >= 11 is 9.11. The van der Waals surface area contributed by atoms with Gasteiger partial charge in [-0.25, -0.2) is 8.42 Å². The molecule has 1 aromatic heterocycles. The molecular weight excluding hydrogens is 470 g/mol. The summed E-state index contributed by atoms with van der Waals surface area (Å²) in [5, 5.41) is 6.89. The van der Waals surface area contributed by atoms with Gasteiger partial charge >= 0.3 is 0 Å². The minimum Gasteiger partial charge on any atom is -0.339 e. The zero-order valence-corrected chi connectivity index (χ0v) is 17.6. The van der Waals surface area contributed by atoms with E-state index in [2.05, 4.69) is 31.4 Å². The van der Waals surface area contributed by atoms with Gasteiger partial charge in [0.2, 0.25) is 11.8 Å². The van der Waals surface area contributed by atoms with Gasteiger partial charge in [0.25, 0.3) is 0 Å². The lowest BCUT2D eigenvalue weighted by atomic mass is 10.2. The molecule has 146 valence electrons. The van der Waals surface area contributed by atoms with Crippen molar-refractivity contribution in [3.05, 3.63) is 69.7 Å². The third kappa shape index (κ3) is 5.63. The lowest BCUT2D eigenvalue weighted by molar-refractivity contribution is -0.116. The van der Waals surface area contributed by atoms with E-state index in [0.717, 1.165) is 4.47 Å². The van der Waals surface area contributed by atoms with Gasteiger partial charge in [0.15, 0.2) is 15.7 Å². The van der Waals surface area contributed by atoms with Gasteiger partial charge in [0.05, 0.1) is 4.90 Å². The van der Waals surface area contributed by atoms with Gasteiger partial charge in [-0.1, -0.05) is 38.8 Å². The number of aryl methyl sites for hydroxylation is 1. The first-order valence-electron chi connectivity index (χ1n) is 8.17. The molecule has 0 atom stereocenters. The Labute approximate surface area is 175 Å². The maximum Gasteiger partial charge on any atom is 0.227 e. The Bertz CT molecular complexity index is 1080. The van der Waals surface area contributed by atoms with Gasteiger partial charge in [0, 0.05) is 28.0 Å². The van der Waals surface area contributed by atoms with Crippen LogP contribution in [0, 0.1) is 0 Å². The van der Waals surface area contributed by atoms with E-state index < -0.39 is 15.6 Å². The second-order valence-corrected chi connectivity index (χ2v) is 9.22. The van der Waals surface area contributed by atoms with Crippen LogP contribution in [0.5, 0.6) is 0 Å². The van der Waals surface area contributed by atoms with Gasteiger partial charge in [-0.2, -0.15) is 4.98 Å². The van der Waals surface area contributed by atoms with Crippen LogP contribution >= 0.6 is 27.5 Å². The predicted octanol–water partition coefficient (Wildman–Crippen LogP) is 4.03. The number of sulfone groups is 1. The zero-order valence-electron chi connectivity index (χ0n) is 14.4. The summed E-state index contributed by atoms with van der Waals surface area (Å²) in [5.41, 5.74) is 0.666. The average Bonchev–Trinajstić information content (AvgIpc) is 3.07. The van der Waals surface area contributed by atoms with Gasteiger partial charge in [-0.3, -0.25) is 4.79 Å². The normalized spacial score (nSPS) is 11.4. The van der Waals surface area contributed by atoms with E-state index in [0.29, 0.717) is 10.7 Å². The van der Waals surface area contributed by atoms with Crippen molar-refractivity contribution in [1.82, 2.24) is 10.1 Å². The van der Waals surface area contributed by atoms with Crippen molar-refractivity contribution in [1.29, 1.82) is 0 Å². The molecule has 1 amide bonds. The summed E-state index contributed by atoms with van der Waals surface area (Å²) in [6.45, 7) is 0. The highest BCUT2D eigenvalue weighted by atomic mass is 79.9. The summed E-state index contributed by atoms with van der Waals surface area (Å²) in [5.74, 6) is -0.378. The summed E-state index contributed by atoms with van der Waals surface area (Å²) in [7, 11) is -3.62. The fourth-order valence-electron chi connectivity index (χ4n) is 2.36. The number of amides is 1. The molecule has 7 nitrogen and oxygen atoms in total. The van der Waals surface area contributed by atoms with Crippen molar-refractivity contribution in [3.63, 3.8) is 0 Å². The number of nitrogens with zero attached hydrogens (tertiary/aromatic N) is 2. The van der Waals surface area contributed by atoms with Crippen LogP contribution in [-0.4, -0.2) is 24.5 Å². The molecule has 28 heavy (non-hydrogen) atoms. The molecule has 3 aromatic rings. The topological polar surface area (TPSA) is 102 Å². The lowest BCUT2D eigenvalue weighted by Gasteiger charge is -2.04. The van der Waals surface area contributed by atoms with Crippen molar-refractivity contribution < 1.29 is 17.7 Å². The van der Waals surface area contributed by atoms with E-state index in [1.54, 1.807) is 12.1 Å². The highest BCUT2D eigenvalue weighted by molar-refractivity contribution is 9.10. The fourth-order valence-corrected chi connectivity index (χ4v) is 4.06. The molecule has 0 radical (unpaired) electrons. The van der Waals surface area contributed by atoms with Crippen molar-refractivity contribution in [2.75, 3.05) is 5.32 Å². The molecule has 0 bridgehead atoms. The molecule has 1 heterocycles. The second-order valence-electron chi connectivity index (χ2n) is 5.88. The third-order valence-corrected chi connectivity index (χ3v) is 6.05. The van der Waals surface area contributed by atoms with Gasteiger partial charge in [-0.15, -0.1) is 0 Å². The first kappa shape index (κ1) is 20.5. The van der Waals surface area contributed by atoms with Crippen molar-refractivity contribution in [2.24, 2.45) is 0 Å². The Balaban J connectivity index is 1.56. The largest absolute Gasteiger partial charge is 0.339 e. The van der Waals surface area contributed by atoms with E-state index >= 15 is 0 Å². The van der Waals surface area contributed by atoms with Crippen molar-refractivity contribution >= 4 is 49.0 Å². The molecule has 3 rings (SSSR count). The smallest absolute Gasteiger partial charge is 0.227 e. The van der Waals surface area contributed by atoms with E-state index in [-0.39, 0.29) is 35.4 Å². The second kappa shape index (κ2) is 8.85. The Morgan fingerprint density at radius 1 is 1.18 bits per heavy atom. The molecule has 0 saturated heterocycles. The highest BCUT2D eigenvalue weighted by Crippen LogP contribution is 2.19. The summed E-state index contributed by atoms with van der Waals surface area (Å²) in [6, 6.07) is 13.1. The summed E-state index contributed by atoms with van der Waals surface area (Å²) < 4.78 is 30.7. The van der Waals surface area contributed by atoms with Crippen LogP contribution in [0.1, 0.15) is 18.1 Å². The number of benzene rings is 2. The van der Waals surface area contributed by atoms with Crippen LogP contribution < -0.4 is 5.32 Å². The zero-order chi connectivity index (χ0) is 20.1. The fraction of sp³-hybridized carbons (Fsp3) is 0.167. The molecule has 0 unspecified atom stereocenters. The standard InChI is InChI=1S/C18H15BrClN3O4S/c19-12-2-1-3-14(10-12)21-17(24)8-9-18-22-16(23-27-18)11-28(25,26)15-6-4-13(20)5-7-15/h1-7,10H,8-9,11H2,(H,21,24). The van der Waals surface area contributed by atoms with Crippen LogP contribution in [0.3, 0.4) is 0 Å². The van der Waals surface area contributed by atoms with Crippen molar-refractivity contribution in [2.45, 2.75) is 23.5 Å². The maximum atomic E-state index is 12.4. The number of nitrogens with one attached hydrogen (secondary N) is 1. The number of aromatic nitrogens is 2. The number of halogens is 2. The maximum absolute atomic E-state index is 12.4. The van der Waals surface area contributed by atoms with Crippen LogP contribution in [0.15, 0.2) is 62.4 Å².